The molecule has 2 heterocycles. The molecule has 0 aliphatic rings. The molecule has 0 spiro atoms. The Labute approximate surface area is 103 Å². The zero-order chi connectivity index (χ0) is 12.4. The van der Waals surface area contributed by atoms with Crippen molar-refractivity contribution < 1.29 is 9.90 Å². The predicted octanol–water partition coefficient (Wildman–Crippen LogP) is 2.57. The quantitative estimate of drug-likeness (QED) is 0.907. The first-order valence-corrected chi connectivity index (χ1v) is 5.93. The molecule has 0 aliphatic heterocycles. The fourth-order valence-electron chi connectivity index (χ4n) is 1.52. The number of hydrogen-bond donors (Lipinski definition) is 1. The molecule has 0 aromatic carbocycles. The van der Waals surface area contributed by atoms with Gasteiger partial charge in [0.15, 0.2) is 0 Å². The molecule has 88 valence electrons. The van der Waals surface area contributed by atoms with Gasteiger partial charge in [-0.3, -0.25) is 0 Å². The molecule has 0 atom stereocenters. The van der Waals surface area contributed by atoms with Crippen LogP contribution >= 0.6 is 11.3 Å². The third kappa shape index (κ3) is 2.29. The van der Waals surface area contributed by atoms with Gasteiger partial charge in [0, 0.05) is 14.1 Å². The van der Waals surface area contributed by atoms with Crippen LogP contribution in [0.3, 0.4) is 0 Å². The van der Waals surface area contributed by atoms with Gasteiger partial charge in [-0.25, -0.2) is 9.78 Å². The van der Waals surface area contributed by atoms with Crippen molar-refractivity contribution in [3.05, 3.63) is 35.2 Å². The van der Waals surface area contributed by atoms with Gasteiger partial charge in [0.2, 0.25) is 0 Å². The molecule has 0 bridgehead atoms. The highest BCUT2D eigenvalue weighted by Crippen LogP contribution is 2.26. The van der Waals surface area contributed by atoms with Crippen molar-refractivity contribution in [2.24, 2.45) is 0 Å². The highest BCUT2D eigenvalue weighted by molar-refractivity contribution is 7.13. The highest BCUT2D eigenvalue weighted by atomic mass is 32.1. The third-order valence-electron chi connectivity index (χ3n) is 2.30. The molecule has 2 rings (SSSR count). The van der Waals surface area contributed by atoms with E-state index in [0.717, 1.165) is 10.6 Å². The maximum absolute atomic E-state index is 11.1. The summed E-state index contributed by atoms with van der Waals surface area (Å²) in [5, 5.41) is 11.0. The van der Waals surface area contributed by atoms with E-state index < -0.39 is 5.97 Å². The standard InChI is InChI=1S/C12H12N2O2S/c1-14(2)11-8(12(15)16)5-6-9(13-11)10-4-3-7-17-10/h3-7H,1-2H3,(H,15,16). The minimum atomic E-state index is -0.959. The van der Waals surface area contributed by atoms with E-state index in [9.17, 15) is 4.79 Å². The van der Waals surface area contributed by atoms with Gasteiger partial charge in [-0.2, -0.15) is 0 Å². The van der Waals surface area contributed by atoms with Crippen LogP contribution in [0, 0.1) is 0 Å². The molecule has 0 saturated carbocycles. The number of aromatic nitrogens is 1. The van der Waals surface area contributed by atoms with Crippen LogP contribution in [0.1, 0.15) is 10.4 Å². The highest BCUT2D eigenvalue weighted by Gasteiger charge is 2.14. The van der Waals surface area contributed by atoms with Crippen LogP contribution in [0.15, 0.2) is 29.6 Å². The summed E-state index contributed by atoms with van der Waals surface area (Å²) in [5.41, 5.74) is 1.02. The van der Waals surface area contributed by atoms with Gasteiger partial charge in [0.25, 0.3) is 0 Å². The second kappa shape index (κ2) is 4.55. The Bertz CT molecular complexity index is 535. The van der Waals surface area contributed by atoms with Gasteiger partial charge in [-0.1, -0.05) is 6.07 Å². The number of rotatable bonds is 3. The van der Waals surface area contributed by atoms with Gasteiger partial charge in [0.05, 0.1) is 10.6 Å². The maximum Gasteiger partial charge on any atom is 0.339 e. The number of thiophene rings is 1. The Morgan fingerprint density at radius 3 is 2.65 bits per heavy atom. The third-order valence-corrected chi connectivity index (χ3v) is 3.20. The molecular formula is C12H12N2O2S. The minimum absolute atomic E-state index is 0.218. The fraction of sp³-hybridized carbons (Fsp3) is 0.167. The van der Waals surface area contributed by atoms with Crippen molar-refractivity contribution >= 4 is 23.1 Å². The molecule has 0 saturated heterocycles. The Kier molecular flexibility index (Phi) is 3.10. The Hall–Kier alpha value is -1.88. The SMILES string of the molecule is CN(C)c1nc(-c2cccs2)ccc1C(=O)O. The van der Waals surface area contributed by atoms with Gasteiger partial charge >= 0.3 is 5.97 Å². The summed E-state index contributed by atoms with van der Waals surface area (Å²) >= 11 is 1.58. The van der Waals surface area contributed by atoms with Gasteiger partial charge < -0.3 is 10.0 Å². The Morgan fingerprint density at radius 1 is 1.35 bits per heavy atom. The van der Waals surface area contributed by atoms with Gasteiger partial charge in [-0.15, -0.1) is 11.3 Å². The van der Waals surface area contributed by atoms with Crippen molar-refractivity contribution in [3.8, 4) is 10.6 Å². The zero-order valence-corrected chi connectivity index (χ0v) is 10.4. The molecule has 4 nitrogen and oxygen atoms in total. The summed E-state index contributed by atoms with van der Waals surface area (Å²) in [4.78, 5) is 18.2. The number of anilines is 1. The average molecular weight is 248 g/mol. The first-order valence-electron chi connectivity index (χ1n) is 5.05. The van der Waals surface area contributed by atoms with Crippen LogP contribution in [0.2, 0.25) is 0 Å². The van der Waals surface area contributed by atoms with Crippen LogP contribution in [0.4, 0.5) is 5.82 Å². The summed E-state index contributed by atoms with van der Waals surface area (Å²) in [7, 11) is 3.57. The molecule has 0 aliphatic carbocycles. The molecule has 1 N–H and O–H groups in total. The average Bonchev–Trinajstić information content (AvgIpc) is 2.81. The van der Waals surface area contributed by atoms with Crippen LogP contribution < -0.4 is 4.90 Å². The predicted molar refractivity (Wildman–Crippen MR) is 68.8 cm³/mol. The lowest BCUT2D eigenvalue weighted by molar-refractivity contribution is 0.0697. The second-order valence-electron chi connectivity index (χ2n) is 3.74. The molecule has 0 fully saturated rings. The summed E-state index contributed by atoms with van der Waals surface area (Å²) in [5.74, 6) is -0.484. The molecular weight excluding hydrogens is 236 g/mol. The van der Waals surface area contributed by atoms with Crippen molar-refractivity contribution in [2.45, 2.75) is 0 Å². The molecule has 0 unspecified atom stereocenters. The van der Waals surface area contributed by atoms with E-state index in [1.807, 2.05) is 17.5 Å². The molecule has 2 aromatic heterocycles. The lowest BCUT2D eigenvalue weighted by Crippen LogP contribution is -2.15. The summed E-state index contributed by atoms with van der Waals surface area (Å²) < 4.78 is 0. The summed E-state index contributed by atoms with van der Waals surface area (Å²) in [6.45, 7) is 0. The smallest absolute Gasteiger partial charge is 0.339 e. The Morgan fingerprint density at radius 2 is 2.12 bits per heavy atom. The number of nitrogens with zero attached hydrogens (tertiary/aromatic N) is 2. The van der Waals surface area contributed by atoms with E-state index in [2.05, 4.69) is 4.98 Å². The molecule has 17 heavy (non-hydrogen) atoms. The number of hydrogen-bond acceptors (Lipinski definition) is 4. The largest absolute Gasteiger partial charge is 0.478 e. The number of aromatic carboxylic acids is 1. The monoisotopic (exact) mass is 248 g/mol. The maximum atomic E-state index is 11.1. The number of carbonyl (C=O) groups is 1. The van der Waals surface area contributed by atoms with Crippen LogP contribution in [-0.2, 0) is 0 Å². The Balaban J connectivity index is 2.53. The van der Waals surface area contributed by atoms with E-state index in [1.165, 1.54) is 0 Å². The normalized spacial score (nSPS) is 10.2. The van der Waals surface area contributed by atoms with Crippen molar-refractivity contribution in [3.63, 3.8) is 0 Å². The minimum Gasteiger partial charge on any atom is -0.478 e. The van der Waals surface area contributed by atoms with Crippen LogP contribution in [0.5, 0.6) is 0 Å². The van der Waals surface area contributed by atoms with E-state index in [-0.39, 0.29) is 5.56 Å². The van der Waals surface area contributed by atoms with Crippen LogP contribution in [0.25, 0.3) is 10.6 Å². The topological polar surface area (TPSA) is 53.4 Å². The van der Waals surface area contributed by atoms with E-state index in [1.54, 1.807) is 42.5 Å². The van der Waals surface area contributed by atoms with Crippen LogP contribution in [-0.4, -0.2) is 30.2 Å². The van der Waals surface area contributed by atoms with Crippen molar-refractivity contribution in [2.75, 3.05) is 19.0 Å². The van der Waals surface area contributed by atoms with Crippen molar-refractivity contribution in [1.29, 1.82) is 0 Å². The molecule has 5 heteroatoms. The molecule has 0 amide bonds. The van der Waals surface area contributed by atoms with Crippen molar-refractivity contribution in [1.82, 2.24) is 4.98 Å². The van der Waals surface area contributed by atoms with Gasteiger partial charge in [0.1, 0.15) is 11.4 Å². The first-order chi connectivity index (χ1) is 8.09. The molecule has 2 aromatic rings. The lowest BCUT2D eigenvalue weighted by Gasteiger charge is -2.14. The first kappa shape index (κ1) is 11.6. The van der Waals surface area contributed by atoms with E-state index in [0.29, 0.717) is 5.82 Å². The van der Waals surface area contributed by atoms with Gasteiger partial charge in [-0.05, 0) is 23.6 Å². The van der Waals surface area contributed by atoms with E-state index in [4.69, 9.17) is 5.11 Å². The summed E-state index contributed by atoms with van der Waals surface area (Å²) in [6.07, 6.45) is 0. The fourth-order valence-corrected chi connectivity index (χ4v) is 2.21. The van der Waals surface area contributed by atoms with E-state index >= 15 is 0 Å². The molecule has 0 radical (unpaired) electrons. The number of carboxylic acid groups (broad SMARTS) is 1. The second-order valence-corrected chi connectivity index (χ2v) is 4.69. The number of carboxylic acids is 1. The lowest BCUT2D eigenvalue weighted by atomic mass is 10.2. The number of pyridine rings is 1. The zero-order valence-electron chi connectivity index (χ0n) is 9.54. The summed E-state index contributed by atoms with van der Waals surface area (Å²) in [6, 6.07) is 7.25.